The van der Waals surface area contributed by atoms with Crippen molar-refractivity contribution in [3.05, 3.63) is 69.7 Å². The van der Waals surface area contributed by atoms with Crippen molar-refractivity contribution in [1.82, 2.24) is 10.6 Å². The minimum Gasteiger partial charge on any atom is -0.350 e. The number of rotatable bonds is 6. The monoisotopic (exact) mass is 424 g/mol. The highest BCUT2D eigenvalue weighted by molar-refractivity contribution is 9.10. The molecule has 2 aromatic carbocycles. The van der Waals surface area contributed by atoms with Gasteiger partial charge in [0.1, 0.15) is 17.7 Å². The minimum atomic E-state index is -0.803. The van der Waals surface area contributed by atoms with Crippen molar-refractivity contribution in [2.75, 3.05) is 0 Å². The summed E-state index contributed by atoms with van der Waals surface area (Å²) in [5.74, 6) is -1.96. The predicted molar refractivity (Wildman–Crippen MR) is 98.4 cm³/mol. The van der Waals surface area contributed by atoms with Gasteiger partial charge in [-0.15, -0.1) is 0 Å². The second-order valence-corrected chi connectivity index (χ2v) is 7.07. The molecule has 26 heavy (non-hydrogen) atoms. The van der Waals surface area contributed by atoms with Crippen LogP contribution in [0.5, 0.6) is 0 Å². The lowest BCUT2D eigenvalue weighted by atomic mass is 10.0. The minimum absolute atomic E-state index is 0.000253. The second kappa shape index (κ2) is 8.89. The van der Waals surface area contributed by atoms with E-state index >= 15 is 0 Å². The number of hydrogen-bond donors (Lipinski definition) is 2. The zero-order valence-corrected chi connectivity index (χ0v) is 15.9. The SMILES string of the molecule is CC(C)C(NC(=O)c1ccc(F)cc1)C(=O)NCc1cc(Br)ccc1F. The summed E-state index contributed by atoms with van der Waals surface area (Å²) in [5.41, 5.74) is 0.586. The number of halogens is 3. The molecule has 138 valence electrons. The zero-order chi connectivity index (χ0) is 19.3. The van der Waals surface area contributed by atoms with Crippen LogP contribution in [0.3, 0.4) is 0 Å². The molecule has 2 rings (SSSR count). The van der Waals surface area contributed by atoms with Crippen molar-refractivity contribution in [1.29, 1.82) is 0 Å². The molecule has 2 N–H and O–H groups in total. The summed E-state index contributed by atoms with van der Waals surface area (Å²) in [7, 11) is 0. The highest BCUT2D eigenvalue weighted by Gasteiger charge is 2.24. The summed E-state index contributed by atoms with van der Waals surface area (Å²) in [4.78, 5) is 24.7. The van der Waals surface area contributed by atoms with Gasteiger partial charge in [0.15, 0.2) is 0 Å². The molecule has 0 fully saturated rings. The fraction of sp³-hybridized carbons (Fsp3) is 0.263. The molecule has 0 spiro atoms. The van der Waals surface area contributed by atoms with Gasteiger partial charge in [-0.3, -0.25) is 9.59 Å². The molecule has 1 unspecified atom stereocenters. The van der Waals surface area contributed by atoms with Gasteiger partial charge in [0.25, 0.3) is 5.91 Å². The Kier molecular flexibility index (Phi) is 6.85. The molecule has 0 heterocycles. The normalized spacial score (nSPS) is 11.9. The maximum Gasteiger partial charge on any atom is 0.251 e. The lowest BCUT2D eigenvalue weighted by Gasteiger charge is -2.22. The first kappa shape index (κ1) is 20.0. The van der Waals surface area contributed by atoms with Gasteiger partial charge >= 0.3 is 0 Å². The van der Waals surface area contributed by atoms with Gasteiger partial charge in [0.2, 0.25) is 5.91 Å². The van der Waals surface area contributed by atoms with Crippen LogP contribution in [0.4, 0.5) is 8.78 Å². The van der Waals surface area contributed by atoms with E-state index in [2.05, 4.69) is 26.6 Å². The Labute approximate surface area is 159 Å². The fourth-order valence-electron chi connectivity index (χ4n) is 2.33. The number of carbonyl (C=O) groups excluding carboxylic acids is 2. The highest BCUT2D eigenvalue weighted by Crippen LogP contribution is 2.15. The van der Waals surface area contributed by atoms with Gasteiger partial charge in [0, 0.05) is 22.1 Å². The quantitative estimate of drug-likeness (QED) is 0.740. The summed E-state index contributed by atoms with van der Waals surface area (Å²) in [6, 6.07) is 8.69. The molecule has 2 aromatic rings. The van der Waals surface area contributed by atoms with Crippen molar-refractivity contribution in [2.24, 2.45) is 5.92 Å². The van der Waals surface area contributed by atoms with E-state index < -0.39 is 29.5 Å². The molecular weight excluding hydrogens is 406 g/mol. The maximum absolute atomic E-state index is 13.8. The van der Waals surface area contributed by atoms with Crippen LogP contribution < -0.4 is 10.6 Å². The molecule has 0 saturated carbocycles. The third-order valence-corrected chi connectivity index (χ3v) is 4.30. The molecule has 0 aliphatic heterocycles. The highest BCUT2D eigenvalue weighted by atomic mass is 79.9. The maximum atomic E-state index is 13.8. The first-order chi connectivity index (χ1) is 12.3. The fourth-order valence-corrected chi connectivity index (χ4v) is 2.74. The Morgan fingerprint density at radius 1 is 1.08 bits per heavy atom. The molecule has 7 heteroatoms. The number of benzene rings is 2. The first-order valence-electron chi connectivity index (χ1n) is 8.06. The molecule has 0 saturated heterocycles. The molecule has 1 atom stereocenters. The van der Waals surface area contributed by atoms with E-state index in [4.69, 9.17) is 0 Å². The zero-order valence-electron chi connectivity index (χ0n) is 14.4. The summed E-state index contributed by atoms with van der Waals surface area (Å²) in [6.07, 6.45) is 0. The van der Waals surface area contributed by atoms with Crippen molar-refractivity contribution >= 4 is 27.7 Å². The Balaban J connectivity index is 2.03. The first-order valence-corrected chi connectivity index (χ1v) is 8.85. The van der Waals surface area contributed by atoms with Crippen LogP contribution >= 0.6 is 15.9 Å². The van der Waals surface area contributed by atoms with Crippen LogP contribution in [0.25, 0.3) is 0 Å². The summed E-state index contributed by atoms with van der Waals surface area (Å²) in [5, 5.41) is 5.28. The van der Waals surface area contributed by atoms with E-state index in [0.717, 1.165) is 0 Å². The topological polar surface area (TPSA) is 58.2 Å². The average molecular weight is 425 g/mol. The van der Waals surface area contributed by atoms with E-state index in [1.165, 1.54) is 30.3 Å². The number of hydrogen-bond acceptors (Lipinski definition) is 2. The standard InChI is InChI=1S/C19H19BrF2N2O2/c1-11(2)17(24-18(25)12-3-6-15(21)7-4-12)19(26)23-10-13-9-14(20)5-8-16(13)22/h3-9,11,17H,10H2,1-2H3,(H,23,26)(H,24,25). The van der Waals surface area contributed by atoms with E-state index in [1.54, 1.807) is 26.0 Å². The van der Waals surface area contributed by atoms with Crippen LogP contribution in [0.15, 0.2) is 46.9 Å². The third kappa shape index (κ3) is 5.36. The Morgan fingerprint density at radius 2 is 1.73 bits per heavy atom. The van der Waals surface area contributed by atoms with Crippen LogP contribution in [0.1, 0.15) is 29.8 Å². The largest absolute Gasteiger partial charge is 0.350 e. The number of carbonyl (C=O) groups is 2. The molecule has 2 amide bonds. The van der Waals surface area contributed by atoms with Gasteiger partial charge < -0.3 is 10.6 Å². The summed E-state index contributed by atoms with van der Waals surface area (Å²) < 4.78 is 27.4. The lowest BCUT2D eigenvalue weighted by molar-refractivity contribution is -0.124. The van der Waals surface area contributed by atoms with Gasteiger partial charge in [-0.1, -0.05) is 29.8 Å². The van der Waals surface area contributed by atoms with Gasteiger partial charge in [-0.2, -0.15) is 0 Å². The Morgan fingerprint density at radius 3 is 2.35 bits per heavy atom. The molecule has 0 aliphatic carbocycles. The number of amides is 2. The predicted octanol–water partition coefficient (Wildman–Crippen LogP) is 3.80. The molecule has 0 aromatic heterocycles. The third-order valence-electron chi connectivity index (χ3n) is 3.80. The lowest BCUT2D eigenvalue weighted by Crippen LogP contribution is -2.49. The molecular formula is C19H19BrF2N2O2. The number of nitrogens with one attached hydrogen (secondary N) is 2. The molecule has 0 aliphatic rings. The Bertz CT molecular complexity index is 795. The van der Waals surface area contributed by atoms with Gasteiger partial charge in [-0.25, -0.2) is 8.78 Å². The smallest absolute Gasteiger partial charge is 0.251 e. The average Bonchev–Trinajstić information content (AvgIpc) is 2.60. The van der Waals surface area contributed by atoms with Crippen LogP contribution in [-0.2, 0) is 11.3 Å². The summed E-state index contributed by atoms with van der Waals surface area (Å²) in [6.45, 7) is 3.57. The Hall–Kier alpha value is -2.28. The van der Waals surface area contributed by atoms with Crippen LogP contribution in [0, 0.1) is 17.6 Å². The van der Waals surface area contributed by atoms with Crippen molar-refractivity contribution in [3.8, 4) is 0 Å². The van der Waals surface area contributed by atoms with Crippen LogP contribution in [-0.4, -0.2) is 17.9 Å². The van der Waals surface area contributed by atoms with Gasteiger partial charge in [-0.05, 0) is 48.4 Å². The molecule has 0 bridgehead atoms. The van der Waals surface area contributed by atoms with Crippen molar-refractivity contribution < 1.29 is 18.4 Å². The summed E-state index contributed by atoms with van der Waals surface area (Å²) >= 11 is 3.26. The van der Waals surface area contributed by atoms with E-state index in [9.17, 15) is 18.4 Å². The van der Waals surface area contributed by atoms with E-state index in [1.807, 2.05) is 0 Å². The van der Waals surface area contributed by atoms with Crippen molar-refractivity contribution in [3.63, 3.8) is 0 Å². The van der Waals surface area contributed by atoms with Crippen LogP contribution in [0.2, 0.25) is 0 Å². The molecule has 4 nitrogen and oxygen atoms in total. The second-order valence-electron chi connectivity index (χ2n) is 6.16. The van der Waals surface area contributed by atoms with Crippen molar-refractivity contribution in [2.45, 2.75) is 26.4 Å². The van der Waals surface area contributed by atoms with Gasteiger partial charge in [0.05, 0.1) is 0 Å². The van der Waals surface area contributed by atoms with E-state index in [-0.39, 0.29) is 18.0 Å². The van der Waals surface area contributed by atoms with E-state index in [0.29, 0.717) is 10.0 Å². The molecule has 0 radical (unpaired) electrons.